The molecule has 1 fully saturated rings. The van der Waals surface area contributed by atoms with Crippen LogP contribution in [-0.4, -0.2) is 42.9 Å². The number of fused-ring (bicyclic) bond motifs is 1. The van der Waals surface area contributed by atoms with Crippen LogP contribution >= 0.6 is 23.4 Å². The first-order chi connectivity index (χ1) is 13.2. The minimum atomic E-state index is -0.140. The summed E-state index contributed by atoms with van der Waals surface area (Å²) < 4.78 is 11.0. The zero-order chi connectivity index (χ0) is 18.6. The molecule has 1 aromatic heterocycles. The molecule has 0 unspecified atom stereocenters. The molecule has 6 nitrogen and oxygen atoms in total. The summed E-state index contributed by atoms with van der Waals surface area (Å²) in [5.41, 5.74) is 3.03. The quantitative estimate of drug-likeness (QED) is 0.648. The third-order valence-corrected chi connectivity index (χ3v) is 5.32. The second-order valence-corrected chi connectivity index (χ2v) is 7.35. The molecule has 0 bridgehead atoms. The van der Waals surface area contributed by atoms with Gasteiger partial charge in [0.15, 0.2) is 5.58 Å². The fourth-order valence-corrected chi connectivity index (χ4v) is 3.88. The Bertz CT molecular complexity index is 923. The number of benzene rings is 2. The maximum Gasteiger partial charge on any atom is 0.257 e. The molecular weight excluding hydrogens is 386 g/mol. The Hall–Kier alpha value is -2.22. The molecule has 3 aromatic rings. The molecule has 1 aliphatic rings. The summed E-state index contributed by atoms with van der Waals surface area (Å²) >= 11 is 7.66. The van der Waals surface area contributed by atoms with Gasteiger partial charge in [-0.1, -0.05) is 41.6 Å². The van der Waals surface area contributed by atoms with E-state index in [0.29, 0.717) is 34.7 Å². The maximum atomic E-state index is 12.5. The van der Waals surface area contributed by atoms with Gasteiger partial charge in [-0.05, 0) is 24.3 Å². The molecule has 2 aromatic carbocycles. The molecule has 8 heteroatoms. The van der Waals surface area contributed by atoms with Gasteiger partial charge >= 0.3 is 0 Å². The molecule has 0 atom stereocenters. The number of anilines is 2. The average molecular weight is 404 g/mol. The van der Waals surface area contributed by atoms with Gasteiger partial charge in [0.05, 0.1) is 35.4 Å². The van der Waals surface area contributed by atoms with Crippen LogP contribution in [0.2, 0.25) is 5.02 Å². The van der Waals surface area contributed by atoms with E-state index in [-0.39, 0.29) is 11.7 Å². The third-order valence-electron chi connectivity index (χ3n) is 4.19. The predicted octanol–water partition coefficient (Wildman–Crippen LogP) is 4.05. The zero-order valence-electron chi connectivity index (χ0n) is 14.5. The number of aromatic nitrogens is 1. The SMILES string of the molecule is O=C(CSc1nc2ccccc2o1)Nc1cccc(Cl)c1N1CCOCC1. The van der Waals surface area contributed by atoms with Gasteiger partial charge in [0.25, 0.3) is 5.22 Å². The lowest BCUT2D eigenvalue weighted by Crippen LogP contribution is -2.37. The van der Waals surface area contributed by atoms with Crippen LogP contribution in [0.1, 0.15) is 0 Å². The van der Waals surface area contributed by atoms with Crippen molar-refractivity contribution in [3.63, 3.8) is 0 Å². The minimum Gasteiger partial charge on any atom is -0.431 e. The van der Waals surface area contributed by atoms with Crippen LogP contribution in [0.4, 0.5) is 11.4 Å². The Balaban J connectivity index is 1.44. The summed E-state index contributed by atoms with van der Waals surface area (Å²) in [5.74, 6) is 0.0565. The number of nitrogens with one attached hydrogen (secondary N) is 1. The standard InChI is InChI=1S/C19H18ClN3O3S/c20-13-4-3-6-15(18(13)23-8-10-25-11-9-23)21-17(24)12-27-19-22-14-5-1-2-7-16(14)26-19/h1-7H,8-12H2,(H,21,24). The average Bonchev–Trinajstić information content (AvgIpc) is 3.10. The second kappa shape index (κ2) is 8.21. The van der Waals surface area contributed by atoms with Crippen LogP contribution in [0.15, 0.2) is 52.1 Å². The topological polar surface area (TPSA) is 67.6 Å². The lowest BCUT2D eigenvalue weighted by atomic mass is 10.2. The number of oxazole rings is 1. The number of amides is 1. The molecule has 140 valence electrons. The number of para-hydroxylation sites is 3. The summed E-state index contributed by atoms with van der Waals surface area (Å²) in [5, 5.41) is 4.05. The van der Waals surface area contributed by atoms with Gasteiger partial charge in [-0.3, -0.25) is 4.79 Å². The van der Waals surface area contributed by atoms with Crippen LogP contribution in [0, 0.1) is 0 Å². The largest absolute Gasteiger partial charge is 0.431 e. The Labute approximate surface area is 165 Å². The molecule has 4 rings (SSSR count). The molecule has 27 heavy (non-hydrogen) atoms. The van der Waals surface area contributed by atoms with E-state index in [1.165, 1.54) is 11.8 Å². The highest BCUT2D eigenvalue weighted by molar-refractivity contribution is 7.99. The van der Waals surface area contributed by atoms with Crippen molar-refractivity contribution in [1.29, 1.82) is 0 Å². The number of carbonyl (C=O) groups excluding carboxylic acids is 1. The second-order valence-electron chi connectivity index (χ2n) is 6.02. The van der Waals surface area contributed by atoms with E-state index in [1.54, 1.807) is 0 Å². The Morgan fingerprint density at radius 1 is 1.19 bits per heavy atom. The summed E-state index contributed by atoms with van der Waals surface area (Å²) in [4.78, 5) is 19.0. The van der Waals surface area contributed by atoms with Gasteiger partial charge in [-0.25, -0.2) is 4.98 Å². The van der Waals surface area contributed by atoms with Crippen LogP contribution in [-0.2, 0) is 9.53 Å². The minimum absolute atomic E-state index is 0.140. The van der Waals surface area contributed by atoms with Gasteiger partial charge in [-0.2, -0.15) is 0 Å². The van der Waals surface area contributed by atoms with Crippen molar-refractivity contribution in [3.8, 4) is 0 Å². The molecule has 0 radical (unpaired) electrons. The molecule has 1 amide bonds. The zero-order valence-corrected chi connectivity index (χ0v) is 16.1. The Kier molecular flexibility index (Phi) is 5.52. The number of thioether (sulfide) groups is 1. The van der Waals surface area contributed by atoms with E-state index in [0.717, 1.165) is 24.3 Å². The smallest absolute Gasteiger partial charge is 0.257 e. The van der Waals surface area contributed by atoms with Crippen LogP contribution in [0.25, 0.3) is 11.1 Å². The fourth-order valence-electron chi connectivity index (χ4n) is 2.95. The first-order valence-electron chi connectivity index (χ1n) is 8.60. The Morgan fingerprint density at radius 2 is 2.00 bits per heavy atom. The van der Waals surface area contributed by atoms with Crippen molar-refractivity contribution in [1.82, 2.24) is 4.98 Å². The maximum absolute atomic E-state index is 12.5. The van der Waals surface area contributed by atoms with Crippen molar-refractivity contribution in [3.05, 3.63) is 47.5 Å². The van der Waals surface area contributed by atoms with Gasteiger partial charge in [-0.15, -0.1) is 0 Å². The normalized spacial score (nSPS) is 14.5. The number of rotatable bonds is 5. The molecule has 0 spiro atoms. The first kappa shape index (κ1) is 18.2. The summed E-state index contributed by atoms with van der Waals surface area (Å²) in [6, 6.07) is 13.0. The number of carbonyl (C=O) groups is 1. The van der Waals surface area contributed by atoms with E-state index in [4.69, 9.17) is 20.8 Å². The van der Waals surface area contributed by atoms with Gasteiger partial charge in [0.1, 0.15) is 5.52 Å². The van der Waals surface area contributed by atoms with E-state index in [2.05, 4.69) is 15.2 Å². The van der Waals surface area contributed by atoms with E-state index < -0.39 is 0 Å². The predicted molar refractivity (Wildman–Crippen MR) is 108 cm³/mol. The summed E-state index contributed by atoms with van der Waals surface area (Å²) in [6.45, 7) is 2.77. The lowest BCUT2D eigenvalue weighted by Gasteiger charge is -2.31. The number of hydrogen-bond acceptors (Lipinski definition) is 6. The molecule has 1 N–H and O–H groups in total. The number of ether oxygens (including phenoxy) is 1. The van der Waals surface area contributed by atoms with Gasteiger partial charge in [0, 0.05) is 13.1 Å². The highest BCUT2D eigenvalue weighted by Gasteiger charge is 2.19. The van der Waals surface area contributed by atoms with Crippen LogP contribution in [0.5, 0.6) is 0 Å². The van der Waals surface area contributed by atoms with E-state index in [9.17, 15) is 4.79 Å². The van der Waals surface area contributed by atoms with Gasteiger partial charge in [0.2, 0.25) is 5.91 Å². The number of hydrogen-bond donors (Lipinski definition) is 1. The molecule has 0 aliphatic carbocycles. The number of nitrogens with zero attached hydrogens (tertiary/aromatic N) is 2. The summed E-state index contributed by atoms with van der Waals surface area (Å²) in [7, 11) is 0. The van der Waals surface area contributed by atoms with Crippen molar-refractivity contribution >= 4 is 51.7 Å². The van der Waals surface area contributed by atoms with Crippen molar-refractivity contribution < 1.29 is 13.9 Å². The van der Waals surface area contributed by atoms with Crippen LogP contribution < -0.4 is 10.2 Å². The monoisotopic (exact) mass is 403 g/mol. The molecule has 1 aliphatic heterocycles. The lowest BCUT2D eigenvalue weighted by molar-refractivity contribution is -0.113. The number of morpholine rings is 1. The van der Waals surface area contributed by atoms with E-state index in [1.807, 2.05) is 42.5 Å². The fraction of sp³-hybridized carbons (Fsp3) is 0.263. The number of halogens is 1. The summed E-state index contributed by atoms with van der Waals surface area (Å²) in [6.07, 6.45) is 0. The van der Waals surface area contributed by atoms with Crippen molar-refractivity contribution in [2.45, 2.75) is 5.22 Å². The third kappa shape index (κ3) is 4.21. The van der Waals surface area contributed by atoms with Crippen molar-refractivity contribution in [2.24, 2.45) is 0 Å². The molecule has 2 heterocycles. The highest BCUT2D eigenvalue weighted by Crippen LogP contribution is 2.34. The highest BCUT2D eigenvalue weighted by atomic mass is 35.5. The molecular formula is C19H18ClN3O3S. The van der Waals surface area contributed by atoms with Crippen molar-refractivity contribution in [2.75, 3.05) is 42.3 Å². The van der Waals surface area contributed by atoms with E-state index >= 15 is 0 Å². The van der Waals surface area contributed by atoms with Gasteiger partial charge < -0.3 is 19.4 Å². The molecule has 0 saturated carbocycles. The first-order valence-corrected chi connectivity index (χ1v) is 9.96. The van der Waals surface area contributed by atoms with Crippen LogP contribution in [0.3, 0.4) is 0 Å². The molecule has 1 saturated heterocycles. The Morgan fingerprint density at radius 3 is 2.81 bits per heavy atom.